The molecule has 11 nitrogen and oxygen atoms in total. The Morgan fingerprint density at radius 1 is 0.955 bits per heavy atom. The van der Waals surface area contributed by atoms with E-state index in [9.17, 15) is 13.2 Å². The second-order valence-electron chi connectivity index (χ2n) is 11.4. The van der Waals surface area contributed by atoms with E-state index in [1.807, 2.05) is 53.9 Å². The van der Waals surface area contributed by atoms with Gasteiger partial charge in [-0.05, 0) is 50.4 Å². The molecule has 226 valence electrons. The van der Waals surface area contributed by atoms with Gasteiger partial charge in [-0.1, -0.05) is 17.7 Å². The summed E-state index contributed by atoms with van der Waals surface area (Å²) >= 11 is 0. The van der Waals surface area contributed by atoms with Gasteiger partial charge in [0.25, 0.3) is 10.0 Å². The van der Waals surface area contributed by atoms with Gasteiger partial charge < -0.3 is 19.1 Å². The number of hydrogen-bond donors (Lipinski definition) is 0. The summed E-state index contributed by atoms with van der Waals surface area (Å²) in [7, 11) is 1.38. The van der Waals surface area contributed by atoms with E-state index in [-0.39, 0.29) is 17.3 Å². The Hall–Kier alpha value is -4.68. The number of piperazine rings is 1. The third-order valence-corrected chi connectivity index (χ3v) is 10.3. The van der Waals surface area contributed by atoms with Crippen molar-refractivity contribution in [2.45, 2.75) is 18.4 Å². The van der Waals surface area contributed by atoms with Crippen molar-refractivity contribution in [3.63, 3.8) is 0 Å². The number of fused-ring (bicyclic) bond motifs is 4. The van der Waals surface area contributed by atoms with Crippen LogP contribution in [0.2, 0.25) is 0 Å². The summed E-state index contributed by atoms with van der Waals surface area (Å²) in [5.41, 5.74) is 3.91. The number of methoxy groups -OCH3 is 1. The Morgan fingerprint density at radius 3 is 2.43 bits per heavy atom. The lowest BCUT2D eigenvalue weighted by Gasteiger charge is -2.32. The first-order chi connectivity index (χ1) is 21.2. The number of carbonyl (C=O) groups excluding carboxylic acids is 1. The van der Waals surface area contributed by atoms with Gasteiger partial charge in [-0.15, -0.1) is 0 Å². The molecule has 0 unspecified atom stereocenters. The number of aryl methyl sites for hydroxylation is 2. The summed E-state index contributed by atoms with van der Waals surface area (Å²) in [6.07, 6.45) is 5.23. The molecule has 0 atom stereocenters. The van der Waals surface area contributed by atoms with Gasteiger partial charge in [0.2, 0.25) is 5.91 Å². The van der Waals surface area contributed by atoms with E-state index < -0.39 is 10.0 Å². The summed E-state index contributed by atoms with van der Waals surface area (Å²) in [5.74, 6) is 0.640. The highest BCUT2D eigenvalue weighted by Gasteiger charge is 2.29. The first-order valence-electron chi connectivity index (χ1n) is 14.4. The second kappa shape index (κ2) is 10.5. The Bertz CT molecular complexity index is 2170. The van der Waals surface area contributed by atoms with Crippen LogP contribution in [0.4, 0.5) is 0 Å². The fourth-order valence-corrected chi connectivity index (χ4v) is 7.55. The van der Waals surface area contributed by atoms with Gasteiger partial charge in [-0.3, -0.25) is 9.48 Å². The molecule has 5 heterocycles. The Labute approximate surface area is 254 Å². The molecule has 1 amide bonds. The van der Waals surface area contributed by atoms with Crippen LogP contribution in [0.5, 0.6) is 5.75 Å². The van der Waals surface area contributed by atoms with E-state index in [4.69, 9.17) is 4.74 Å². The number of nitrogens with zero attached hydrogens (tertiary/aromatic N) is 7. The zero-order chi connectivity index (χ0) is 30.7. The molecular weight excluding hydrogens is 578 g/mol. The van der Waals surface area contributed by atoms with Crippen molar-refractivity contribution < 1.29 is 17.9 Å². The lowest BCUT2D eigenvalue weighted by Crippen LogP contribution is -2.48. The van der Waals surface area contributed by atoms with E-state index in [0.29, 0.717) is 41.1 Å². The van der Waals surface area contributed by atoms with Crippen LogP contribution in [0.15, 0.2) is 72.0 Å². The fraction of sp³-hybridized carbons (Fsp3) is 0.281. The molecule has 12 heteroatoms. The minimum Gasteiger partial charge on any atom is -0.497 e. The molecule has 0 spiro atoms. The Morgan fingerprint density at radius 2 is 1.70 bits per heavy atom. The Balaban J connectivity index is 1.48. The molecule has 0 aliphatic carbocycles. The van der Waals surface area contributed by atoms with Crippen LogP contribution in [0.1, 0.15) is 5.56 Å². The van der Waals surface area contributed by atoms with Crippen LogP contribution >= 0.6 is 0 Å². The molecular formula is C32H33N7O4S. The lowest BCUT2D eigenvalue weighted by atomic mass is 10.1. The van der Waals surface area contributed by atoms with Crippen LogP contribution in [0.25, 0.3) is 44.1 Å². The van der Waals surface area contributed by atoms with Gasteiger partial charge >= 0.3 is 0 Å². The van der Waals surface area contributed by atoms with E-state index in [2.05, 4.69) is 22.0 Å². The first kappa shape index (κ1) is 28.1. The quantitative estimate of drug-likeness (QED) is 0.281. The van der Waals surface area contributed by atoms with Gasteiger partial charge in [0.05, 0.1) is 29.4 Å². The third-order valence-electron chi connectivity index (χ3n) is 8.57. The fourth-order valence-electron chi connectivity index (χ4n) is 6.07. The maximum atomic E-state index is 14.5. The summed E-state index contributed by atoms with van der Waals surface area (Å²) in [6.45, 7) is 5.04. The SMILES string of the molecule is COc1ccc2c(c1)c(-c1cc3c4c(cnc3n1S(=O)(=O)c1ccc(C)cc1)cnn4C)cn2CC(=O)N1CCN(C)CC1. The minimum atomic E-state index is -4.10. The molecule has 1 aliphatic rings. The minimum absolute atomic E-state index is 0.0171. The van der Waals surface area contributed by atoms with Gasteiger partial charge in [-0.25, -0.2) is 17.4 Å². The molecule has 7 rings (SSSR count). The number of benzene rings is 2. The van der Waals surface area contributed by atoms with Gasteiger partial charge in [0.15, 0.2) is 5.65 Å². The first-order valence-corrected chi connectivity index (χ1v) is 15.9. The smallest absolute Gasteiger partial charge is 0.269 e. The van der Waals surface area contributed by atoms with Crippen LogP contribution in [-0.2, 0) is 28.4 Å². The number of likely N-dealkylation sites (N-methyl/N-ethyl adjacent to an activating group) is 1. The number of hydrogen-bond acceptors (Lipinski definition) is 7. The number of aromatic nitrogens is 5. The maximum Gasteiger partial charge on any atom is 0.269 e. The topological polar surface area (TPSA) is 107 Å². The third kappa shape index (κ3) is 4.52. The highest BCUT2D eigenvalue weighted by molar-refractivity contribution is 7.90. The van der Waals surface area contributed by atoms with Crippen molar-refractivity contribution in [2.24, 2.45) is 7.05 Å². The molecule has 1 fully saturated rings. The monoisotopic (exact) mass is 611 g/mol. The van der Waals surface area contributed by atoms with Crippen LogP contribution in [-0.4, -0.2) is 87.8 Å². The van der Waals surface area contributed by atoms with E-state index >= 15 is 0 Å². The molecule has 4 aromatic heterocycles. The van der Waals surface area contributed by atoms with E-state index in [1.165, 1.54) is 3.97 Å². The van der Waals surface area contributed by atoms with Gasteiger partial charge in [0.1, 0.15) is 12.3 Å². The molecule has 6 aromatic rings. The number of amides is 1. The van der Waals surface area contributed by atoms with Gasteiger partial charge in [-0.2, -0.15) is 5.10 Å². The van der Waals surface area contributed by atoms with E-state index in [0.717, 1.165) is 40.5 Å². The zero-order valence-corrected chi connectivity index (χ0v) is 25.9. The maximum absolute atomic E-state index is 14.5. The van der Waals surface area contributed by atoms with Crippen molar-refractivity contribution in [1.29, 1.82) is 0 Å². The normalized spacial score (nSPS) is 14.7. The Kier molecular flexibility index (Phi) is 6.70. The van der Waals surface area contributed by atoms with Crippen LogP contribution < -0.4 is 4.74 Å². The summed E-state index contributed by atoms with van der Waals surface area (Å²) in [6, 6.07) is 14.3. The standard InChI is InChI=1S/C32H33N7O4S/c1-21-5-8-24(9-6-21)44(41,42)39-29(16-26-31-22(17-33-32(26)39)18-34-36(31)3)27-19-38(28-10-7-23(43-4)15-25(27)28)20-30(40)37-13-11-35(2)12-14-37/h5-10,15-19H,11-14,20H2,1-4H3. The van der Waals surface area contributed by atoms with Crippen molar-refractivity contribution in [1.82, 2.24) is 33.1 Å². The summed E-state index contributed by atoms with van der Waals surface area (Å²) < 4.78 is 39.4. The molecule has 44 heavy (non-hydrogen) atoms. The highest BCUT2D eigenvalue weighted by Crippen LogP contribution is 2.39. The summed E-state index contributed by atoms with van der Waals surface area (Å²) in [4.78, 5) is 22.4. The highest BCUT2D eigenvalue weighted by atomic mass is 32.2. The lowest BCUT2D eigenvalue weighted by molar-refractivity contribution is -0.133. The molecule has 1 saturated heterocycles. The number of ether oxygens (including phenoxy) is 1. The molecule has 1 aliphatic heterocycles. The molecule has 0 N–H and O–H groups in total. The zero-order valence-electron chi connectivity index (χ0n) is 25.1. The average molecular weight is 612 g/mol. The molecule has 0 saturated carbocycles. The van der Waals surface area contributed by atoms with Gasteiger partial charge in [0, 0.05) is 72.9 Å². The molecule has 2 aromatic carbocycles. The van der Waals surface area contributed by atoms with Crippen LogP contribution in [0, 0.1) is 6.92 Å². The second-order valence-corrected chi connectivity index (χ2v) is 13.2. The van der Waals surface area contributed by atoms with Crippen molar-refractivity contribution in [3.8, 4) is 17.0 Å². The van der Waals surface area contributed by atoms with Crippen molar-refractivity contribution in [3.05, 3.63) is 72.7 Å². The van der Waals surface area contributed by atoms with Crippen molar-refractivity contribution in [2.75, 3.05) is 40.3 Å². The predicted molar refractivity (Wildman–Crippen MR) is 169 cm³/mol. The predicted octanol–water partition coefficient (Wildman–Crippen LogP) is 3.87. The van der Waals surface area contributed by atoms with Crippen LogP contribution in [0.3, 0.4) is 0 Å². The largest absolute Gasteiger partial charge is 0.497 e. The average Bonchev–Trinajstić information content (AvgIpc) is 3.70. The van der Waals surface area contributed by atoms with Crippen molar-refractivity contribution >= 4 is 48.8 Å². The number of pyridine rings is 1. The number of carbonyl (C=O) groups is 1. The molecule has 0 bridgehead atoms. The van der Waals surface area contributed by atoms with E-state index in [1.54, 1.807) is 48.5 Å². The molecule has 0 radical (unpaired) electrons. The summed E-state index contributed by atoms with van der Waals surface area (Å²) in [5, 5.41) is 6.62. The number of rotatable bonds is 6.